The van der Waals surface area contributed by atoms with Gasteiger partial charge in [-0.15, -0.1) is 0 Å². The van der Waals surface area contributed by atoms with E-state index >= 15 is 0 Å². The van der Waals surface area contributed by atoms with Crippen molar-refractivity contribution in [3.8, 4) is 0 Å². The maximum absolute atomic E-state index is 12.1. The monoisotopic (exact) mass is 362 g/mol. The molecule has 0 amide bonds. The van der Waals surface area contributed by atoms with Crippen LogP contribution in [0.15, 0.2) is 15.8 Å². The van der Waals surface area contributed by atoms with Crippen LogP contribution >= 0.6 is 7.60 Å². The van der Waals surface area contributed by atoms with Crippen LogP contribution in [0.4, 0.5) is 0 Å². The quantitative estimate of drug-likeness (QED) is 0.662. The average Bonchev–Trinajstić information content (AvgIpc) is 2.93. The molecule has 10 nitrogen and oxygen atoms in total. The zero-order valence-electron chi connectivity index (χ0n) is 13.4. The van der Waals surface area contributed by atoms with Crippen molar-refractivity contribution in [2.75, 3.05) is 27.0 Å². The van der Waals surface area contributed by atoms with Gasteiger partial charge < -0.3 is 19.1 Å². The summed E-state index contributed by atoms with van der Waals surface area (Å²) in [6.07, 6.45) is -1.22. The van der Waals surface area contributed by atoms with Crippen molar-refractivity contribution >= 4 is 7.60 Å². The number of hydrogen-bond donors (Lipinski definition) is 2. The lowest BCUT2D eigenvalue weighted by Gasteiger charge is -2.31. The highest BCUT2D eigenvalue weighted by Crippen LogP contribution is 2.52. The van der Waals surface area contributed by atoms with Gasteiger partial charge in [0.05, 0.1) is 13.2 Å². The second-order valence-electron chi connectivity index (χ2n) is 6.09. The van der Waals surface area contributed by atoms with Gasteiger partial charge in [-0.3, -0.25) is 23.4 Å². The Morgan fingerprint density at radius 3 is 2.88 bits per heavy atom. The number of methoxy groups -OCH3 is 1. The van der Waals surface area contributed by atoms with Crippen LogP contribution in [-0.2, 0) is 23.3 Å². The lowest BCUT2D eigenvalue weighted by Crippen LogP contribution is -2.46. The summed E-state index contributed by atoms with van der Waals surface area (Å²) in [5.74, 6) is 0. The second-order valence-corrected chi connectivity index (χ2v) is 7.91. The molecule has 2 unspecified atom stereocenters. The summed E-state index contributed by atoms with van der Waals surface area (Å²) in [7, 11) is -2.37. The van der Waals surface area contributed by atoms with E-state index in [0.29, 0.717) is 5.56 Å². The fourth-order valence-corrected chi connectivity index (χ4v) is 3.84. The van der Waals surface area contributed by atoms with Gasteiger partial charge in [0.2, 0.25) is 0 Å². The Bertz CT molecular complexity index is 798. The van der Waals surface area contributed by atoms with E-state index in [0.717, 1.165) is 6.66 Å². The predicted octanol–water partition coefficient (Wildman–Crippen LogP) is -0.642. The Kier molecular flexibility index (Phi) is 4.31. The third kappa shape index (κ3) is 2.90. The Balaban J connectivity index is 2.01. The summed E-state index contributed by atoms with van der Waals surface area (Å²) in [5.41, 5.74) is -1.94. The van der Waals surface area contributed by atoms with Crippen molar-refractivity contribution in [3.05, 3.63) is 32.6 Å². The van der Waals surface area contributed by atoms with Gasteiger partial charge in [0.25, 0.3) is 5.56 Å². The number of ether oxygens (including phenoxy) is 3. The van der Waals surface area contributed by atoms with E-state index < -0.39 is 42.9 Å². The van der Waals surface area contributed by atoms with Gasteiger partial charge >= 0.3 is 13.3 Å². The third-order valence-corrected chi connectivity index (χ3v) is 4.71. The van der Waals surface area contributed by atoms with Crippen molar-refractivity contribution in [2.45, 2.75) is 31.0 Å². The molecular formula is C13H19N2O8P. The molecular weight excluding hydrogens is 343 g/mol. The van der Waals surface area contributed by atoms with Gasteiger partial charge in [0.1, 0.15) is 17.8 Å². The number of H-pyrrole nitrogens is 1. The number of rotatable bonds is 5. The summed E-state index contributed by atoms with van der Waals surface area (Å²) >= 11 is 0. The first-order chi connectivity index (χ1) is 11.2. The van der Waals surface area contributed by atoms with Crippen LogP contribution in [0.3, 0.4) is 0 Å². The molecule has 0 radical (unpaired) electrons. The maximum Gasteiger partial charge on any atom is 0.330 e. The molecule has 2 aliphatic rings. The first kappa shape index (κ1) is 17.5. The van der Waals surface area contributed by atoms with Crippen LogP contribution in [0.1, 0.15) is 11.8 Å². The second kappa shape index (κ2) is 5.91. The van der Waals surface area contributed by atoms with Crippen LogP contribution in [0.25, 0.3) is 0 Å². The van der Waals surface area contributed by atoms with Gasteiger partial charge in [0.15, 0.2) is 6.23 Å². The minimum atomic E-state index is -3.82. The Morgan fingerprint density at radius 2 is 2.25 bits per heavy atom. The molecule has 3 rings (SSSR count). The molecule has 1 aromatic heterocycles. The topological polar surface area (TPSA) is 129 Å². The van der Waals surface area contributed by atoms with Crippen molar-refractivity contribution in [2.24, 2.45) is 0 Å². The van der Waals surface area contributed by atoms with Gasteiger partial charge in [-0.2, -0.15) is 0 Å². The smallest absolute Gasteiger partial charge is 0.330 e. The van der Waals surface area contributed by atoms with Crippen molar-refractivity contribution in [1.29, 1.82) is 0 Å². The van der Waals surface area contributed by atoms with E-state index in [4.69, 9.17) is 18.7 Å². The van der Waals surface area contributed by atoms with Gasteiger partial charge in [-0.05, 0) is 6.92 Å². The van der Waals surface area contributed by atoms with Gasteiger partial charge in [-0.1, -0.05) is 0 Å². The summed E-state index contributed by atoms with van der Waals surface area (Å²) in [4.78, 5) is 35.4. The van der Waals surface area contributed by atoms with E-state index in [1.807, 2.05) is 0 Å². The maximum atomic E-state index is 12.1. The molecule has 2 bridgehead atoms. The van der Waals surface area contributed by atoms with Gasteiger partial charge in [0, 0.05) is 25.5 Å². The molecule has 1 aromatic rings. The van der Waals surface area contributed by atoms with E-state index in [1.54, 1.807) is 6.92 Å². The Hall–Kier alpha value is -1.29. The fourth-order valence-electron chi connectivity index (χ4n) is 3.11. The zero-order chi connectivity index (χ0) is 17.7. The van der Waals surface area contributed by atoms with Crippen LogP contribution in [0.2, 0.25) is 0 Å². The number of nitrogens with one attached hydrogen (secondary N) is 1. The van der Waals surface area contributed by atoms with E-state index in [2.05, 4.69) is 4.98 Å². The van der Waals surface area contributed by atoms with Crippen LogP contribution in [-0.4, -0.2) is 59.2 Å². The fraction of sp³-hybridized carbons (Fsp3) is 0.692. The molecule has 2 N–H and O–H groups in total. The van der Waals surface area contributed by atoms with Crippen LogP contribution < -0.4 is 11.2 Å². The number of aryl methyl sites for hydroxylation is 1. The van der Waals surface area contributed by atoms with Crippen molar-refractivity contribution in [1.82, 2.24) is 9.55 Å². The standard InChI is InChI=1S/C13H19N2O8P/c1-7-4-15(12(17)14-10(7)16)11-8-9(23-24(3,18)19)13(22-11,5-20-2)6-21-8/h4,8-9,11H,5-6H2,1-3H3,(H,18,19)(H,14,16,17)/t8?,9-,11+,13+/m0/s1. The number of hydrogen-bond acceptors (Lipinski definition) is 7. The van der Waals surface area contributed by atoms with Crippen molar-refractivity contribution < 1.29 is 28.2 Å². The zero-order valence-corrected chi connectivity index (χ0v) is 14.3. The molecule has 0 spiro atoms. The van der Waals surface area contributed by atoms with E-state index in [9.17, 15) is 19.0 Å². The molecule has 0 aliphatic carbocycles. The first-order valence-corrected chi connectivity index (χ1v) is 9.28. The van der Waals surface area contributed by atoms with Crippen LogP contribution in [0.5, 0.6) is 0 Å². The minimum Gasteiger partial charge on any atom is -0.381 e. The number of aromatic amines is 1. The first-order valence-electron chi connectivity index (χ1n) is 7.26. The highest BCUT2D eigenvalue weighted by atomic mass is 31.2. The molecule has 3 heterocycles. The Morgan fingerprint density at radius 1 is 1.54 bits per heavy atom. The molecule has 2 aliphatic heterocycles. The molecule has 5 atom stereocenters. The largest absolute Gasteiger partial charge is 0.381 e. The van der Waals surface area contributed by atoms with E-state index in [-0.39, 0.29) is 13.2 Å². The lowest BCUT2D eigenvalue weighted by atomic mass is 10.0. The van der Waals surface area contributed by atoms with E-state index in [1.165, 1.54) is 17.9 Å². The molecule has 2 fully saturated rings. The normalized spacial score (nSPS) is 34.4. The Labute approximate surface area is 136 Å². The summed E-state index contributed by atoms with van der Waals surface area (Å²) < 4.78 is 34.9. The van der Waals surface area contributed by atoms with Crippen LogP contribution in [0, 0.1) is 6.92 Å². The highest BCUT2D eigenvalue weighted by molar-refractivity contribution is 7.51. The third-order valence-electron chi connectivity index (χ3n) is 4.09. The summed E-state index contributed by atoms with van der Waals surface area (Å²) in [5, 5.41) is 0. The van der Waals surface area contributed by atoms with Gasteiger partial charge in [-0.25, -0.2) is 4.79 Å². The predicted molar refractivity (Wildman–Crippen MR) is 81.2 cm³/mol. The SMILES string of the molecule is COC[C@]12COC([C@H](n3cc(C)c(=O)[nH]c3=O)O1)[C@@H]2OP(C)(=O)O. The molecule has 2 saturated heterocycles. The lowest BCUT2D eigenvalue weighted by molar-refractivity contribution is -0.190. The summed E-state index contributed by atoms with van der Waals surface area (Å²) in [6, 6.07) is 0. The molecule has 0 aromatic carbocycles. The van der Waals surface area contributed by atoms with Crippen molar-refractivity contribution in [3.63, 3.8) is 0 Å². The molecule has 0 saturated carbocycles. The summed E-state index contributed by atoms with van der Waals surface area (Å²) in [6.45, 7) is 2.78. The number of aromatic nitrogens is 2. The molecule has 134 valence electrons. The molecule has 11 heteroatoms. The minimum absolute atomic E-state index is 0.0573. The highest BCUT2D eigenvalue weighted by Gasteiger charge is 2.64. The average molecular weight is 362 g/mol. The number of fused-ring (bicyclic) bond motifs is 2. The number of nitrogens with zero attached hydrogens (tertiary/aromatic N) is 1. The molecule has 24 heavy (non-hydrogen) atoms.